The number of rotatable bonds is 15. The SMILES string of the molecule is C=CCCCCN(C)C(=O)[C@@H]1C[C@H](Oc2cc(OC)nc(-c3ccccc3)n2)C[C@H]1C(=O)N[C@]1(C(=O)OCC)C[C@H]1C=C. The van der Waals surface area contributed by atoms with Crippen molar-refractivity contribution in [2.75, 3.05) is 27.3 Å². The highest BCUT2D eigenvalue weighted by atomic mass is 16.5. The van der Waals surface area contributed by atoms with Gasteiger partial charge >= 0.3 is 5.97 Å². The Morgan fingerprint density at radius 1 is 1.09 bits per heavy atom. The van der Waals surface area contributed by atoms with Gasteiger partial charge in [-0.25, -0.2) is 4.79 Å². The van der Waals surface area contributed by atoms with Crippen LogP contribution in [0.15, 0.2) is 61.7 Å². The second-order valence-electron chi connectivity index (χ2n) is 11.1. The van der Waals surface area contributed by atoms with Crippen LogP contribution >= 0.6 is 0 Å². The maximum absolute atomic E-state index is 13.8. The fraction of sp³-hybridized carbons (Fsp3) is 0.485. The number of aromatic nitrogens is 2. The van der Waals surface area contributed by atoms with E-state index in [2.05, 4.69) is 28.4 Å². The Kier molecular flexibility index (Phi) is 10.6. The van der Waals surface area contributed by atoms with Crippen LogP contribution in [-0.4, -0.2) is 71.6 Å². The molecule has 2 amide bonds. The van der Waals surface area contributed by atoms with Crippen LogP contribution in [0.25, 0.3) is 11.4 Å². The predicted molar refractivity (Wildman–Crippen MR) is 162 cm³/mol. The number of benzene rings is 1. The molecule has 2 fully saturated rings. The van der Waals surface area contributed by atoms with E-state index >= 15 is 0 Å². The summed E-state index contributed by atoms with van der Waals surface area (Å²) in [5, 5.41) is 2.94. The summed E-state index contributed by atoms with van der Waals surface area (Å²) in [7, 11) is 3.28. The number of allylic oxidation sites excluding steroid dienone is 1. The Morgan fingerprint density at radius 3 is 2.47 bits per heavy atom. The zero-order valence-electron chi connectivity index (χ0n) is 25.3. The topological polar surface area (TPSA) is 120 Å². The minimum atomic E-state index is -1.15. The van der Waals surface area contributed by atoms with Crippen LogP contribution in [0.2, 0.25) is 0 Å². The fourth-order valence-electron chi connectivity index (χ4n) is 5.71. The van der Waals surface area contributed by atoms with Gasteiger partial charge in [-0.3, -0.25) is 9.59 Å². The quantitative estimate of drug-likeness (QED) is 0.185. The van der Waals surface area contributed by atoms with E-state index in [0.717, 1.165) is 24.8 Å². The van der Waals surface area contributed by atoms with E-state index in [-0.39, 0.29) is 36.6 Å². The Balaban J connectivity index is 1.56. The summed E-state index contributed by atoms with van der Waals surface area (Å²) in [6.07, 6.45) is 6.67. The van der Waals surface area contributed by atoms with Crippen molar-refractivity contribution in [2.24, 2.45) is 17.8 Å². The van der Waals surface area contributed by atoms with Crippen molar-refractivity contribution in [1.29, 1.82) is 0 Å². The average Bonchev–Trinajstić information content (AvgIpc) is 3.58. The van der Waals surface area contributed by atoms with Crippen LogP contribution < -0.4 is 14.8 Å². The Labute approximate surface area is 253 Å². The van der Waals surface area contributed by atoms with Crippen LogP contribution in [0.4, 0.5) is 0 Å². The van der Waals surface area contributed by atoms with Crippen molar-refractivity contribution in [2.45, 2.75) is 57.1 Å². The minimum absolute atomic E-state index is 0.128. The number of esters is 1. The first-order valence-electron chi connectivity index (χ1n) is 14.9. The van der Waals surface area contributed by atoms with Crippen molar-refractivity contribution in [1.82, 2.24) is 20.2 Å². The summed E-state index contributed by atoms with van der Waals surface area (Å²) in [4.78, 5) is 51.1. The molecule has 230 valence electrons. The number of amides is 2. The van der Waals surface area contributed by atoms with Gasteiger partial charge in [-0.1, -0.05) is 42.5 Å². The molecule has 0 aliphatic heterocycles. The number of nitrogens with zero attached hydrogens (tertiary/aromatic N) is 3. The Morgan fingerprint density at radius 2 is 1.81 bits per heavy atom. The highest BCUT2D eigenvalue weighted by Crippen LogP contribution is 2.46. The molecule has 0 saturated heterocycles. The molecule has 0 bridgehead atoms. The lowest BCUT2D eigenvalue weighted by Crippen LogP contribution is -2.50. The van der Waals surface area contributed by atoms with E-state index in [1.54, 1.807) is 31.0 Å². The third kappa shape index (κ3) is 7.42. The van der Waals surface area contributed by atoms with Gasteiger partial charge in [-0.05, 0) is 45.4 Å². The first-order chi connectivity index (χ1) is 20.8. The third-order valence-electron chi connectivity index (χ3n) is 8.19. The molecule has 2 aromatic rings. The summed E-state index contributed by atoms with van der Waals surface area (Å²) in [6.45, 7) is 10.1. The molecule has 0 radical (unpaired) electrons. The highest BCUT2D eigenvalue weighted by Gasteiger charge is 2.62. The van der Waals surface area contributed by atoms with E-state index in [0.29, 0.717) is 31.1 Å². The van der Waals surface area contributed by atoms with E-state index in [1.807, 2.05) is 36.4 Å². The molecule has 1 aromatic heterocycles. The van der Waals surface area contributed by atoms with Crippen molar-refractivity contribution >= 4 is 17.8 Å². The van der Waals surface area contributed by atoms with Crippen molar-refractivity contribution in [3.63, 3.8) is 0 Å². The molecule has 2 aliphatic rings. The van der Waals surface area contributed by atoms with Crippen LogP contribution in [0.5, 0.6) is 11.8 Å². The van der Waals surface area contributed by atoms with Gasteiger partial charge in [0.05, 0.1) is 31.6 Å². The van der Waals surface area contributed by atoms with Crippen molar-refractivity contribution in [3.05, 3.63) is 61.7 Å². The maximum Gasteiger partial charge on any atom is 0.332 e. The molecule has 4 rings (SSSR count). The molecular weight excluding hydrogens is 548 g/mol. The molecule has 0 spiro atoms. The van der Waals surface area contributed by atoms with Crippen LogP contribution in [0.1, 0.15) is 45.4 Å². The minimum Gasteiger partial charge on any atom is -0.481 e. The fourth-order valence-corrected chi connectivity index (χ4v) is 5.71. The Bertz CT molecular complexity index is 1320. The number of ether oxygens (including phenoxy) is 3. The van der Waals surface area contributed by atoms with Gasteiger partial charge in [0.25, 0.3) is 0 Å². The summed E-state index contributed by atoms with van der Waals surface area (Å²) in [5.74, 6) is -1.48. The second kappa shape index (κ2) is 14.3. The average molecular weight is 591 g/mol. The third-order valence-corrected chi connectivity index (χ3v) is 8.19. The van der Waals surface area contributed by atoms with Gasteiger partial charge in [0.2, 0.25) is 23.6 Å². The van der Waals surface area contributed by atoms with E-state index < -0.39 is 29.4 Å². The lowest BCUT2D eigenvalue weighted by Gasteiger charge is -2.26. The number of nitrogens with one attached hydrogen (secondary N) is 1. The highest BCUT2D eigenvalue weighted by molar-refractivity contribution is 5.95. The van der Waals surface area contributed by atoms with Crippen LogP contribution in [0.3, 0.4) is 0 Å². The zero-order chi connectivity index (χ0) is 31.0. The molecule has 10 nitrogen and oxygen atoms in total. The summed E-state index contributed by atoms with van der Waals surface area (Å²) >= 11 is 0. The smallest absolute Gasteiger partial charge is 0.332 e. The molecule has 43 heavy (non-hydrogen) atoms. The molecule has 2 saturated carbocycles. The summed E-state index contributed by atoms with van der Waals surface area (Å²) in [5.41, 5.74) is -0.353. The Hall–Kier alpha value is -4.21. The first-order valence-corrected chi connectivity index (χ1v) is 14.9. The van der Waals surface area contributed by atoms with Gasteiger partial charge in [0.15, 0.2) is 5.82 Å². The van der Waals surface area contributed by atoms with Gasteiger partial charge in [-0.15, -0.1) is 13.2 Å². The predicted octanol–water partition coefficient (Wildman–Crippen LogP) is 4.36. The standard InChI is InChI=1S/C33H42N4O6/c1-6-9-10-14-17-37(4)31(39)26-19-24(18-25(26)30(38)36-33(21-23(33)7-2)32(40)42-8-3)43-28-20-27(41-5)34-29(35-28)22-15-12-11-13-16-22/h6-7,11-13,15-16,20,23-26H,1-2,8-10,14,17-19,21H2,3-5H3,(H,36,38)/t23-,24-,25-,26-,33-/m1/s1. The largest absolute Gasteiger partial charge is 0.481 e. The number of carbonyl (C=O) groups excluding carboxylic acids is 3. The van der Waals surface area contributed by atoms with Gasteiger partial charge in [-0.2, -0.15) is 9.97 Å². The molecule has 1 N–H and O–H groups in total. The molecule has 1 heterocycles. The van der Waals surface area contributed by atoms with Gasteiger partial charge < -0.3 is 24.4 Å². The normalized spacial score (nSPS) is 24.0. The van der Waals surface area contributed by atoms with Gasteiger partial charge in [0, 0.05) is 25.1 Å². The molecular formula is C33H42N4O6. The lowest BCUT2D eigenvalue weighted by atomic mass is 9.93. The summed E-state index contributed by atoms with van der Waals surface area (Å²) < 4.78 is 17.0. The molecule has 1 aromatic carbocycles. The van der Waals surface area contributed by atoms with Crippen LogP contribution in [-0.2, 0) is 19.1 Å². The maximum atomic E-state index is 13.8. The number of hydrogen-bond acceptors (Lipinski definition) is 8. The van der Waals surface area contributed by atoms with Crippen molar-refractivity contribution in [3.8, 4) is 23.1 Å². The first kappa shape index (κ1) is 31.7. The second-order valence-corrected chi connectivity index (χ2v) is 11.1. The summed E-state index contributed by atoms with van der Waals surface area (Å²) in [6, 6.07) is 11.1. The number of unbranched alkanes of at least 4 members (excludes halogenated alkanes) is 2. The van der Waals surface area contributed by atoms with Gasteiger partial charge in [0.1, 0.15) is 11.6 Å². The molecule has 5 atom stereocenters. The zero-order valence-corrected chi connectivity index (χ0v) is 25.3. The number of carbonyl (C=O) groups is 3. The van der Waals surface area contributed by atoms with Crippen molar-refractivity contribution < 1.29 is 28.6 Å². The lowest BCUT2D eigenvalue weighted by molar-refractivity contribution is -0.150. The molecule has 2 aliphatic carbocycles. The monoisotopic (exact) mass is 590 g/mol. The van der Waals surface area contributed by atoms with E-state index in [4.69, 9.17) is 14.2 Å². The molecule has 0 unspecified atom stereocenters. The molecule has 10 heteroatoms. The van der Waals surface area contributed by atoms with Crippen LogP contribution in [0, 0.1) is 17.8 Å². The number of methoxy groups -OCH3 is 1. The van der Waals surface area contributed by atoms with E-state index in [1.165, 1.54) is 7.11 Å². The number of hydrogen-bond donors (Lipinski definition) is 1. The van der Waals surface area contributed by atoms with E-state index in [9.17, 15) is 14.4 Å².